The van der Waals surface area contributed by atoms with Crippen molar-refractivity contribution in [2.24, 2.45) is 0 Å². The largest absolute Gasteiger partial charge is 0.377 e. The summed E-state index contributed by atoms with van der Waals surface area (Å²) in [7, 11) is 0. The molecule has 1 atom stereocenters. The van der Waals surface area contributed by atoms with E-state index in [4.69, 9.17) is 4.74 Å². The van der Waals surface area contributed by atoms with Crippen molar-refractivity contribution >= 4 is 0 Å². The third-order valence-corrected chi connectivity index (χ3v) is 1.87. The van der Waals surface area contributed by atoms with E-state index in [1.807, 2.05) is 0 Å². The third-order valence-electron chi connectivity index (χ3n) is 1.87. The van der Waals surface area contributed by atoms with Crippen LogP contribution in [0.1, 0.15) is 26.2 Å². The van der Waals surface area contributed by atoms with Crippen molar-refractivity contribution < 1.29 is 4.74 Å². The van der Waals surface area contributed by atoms with Crippen LogP contribution in [0.2, 0.25) is 0 Å². The highest BCUT2D eigenvalue weighted by Crippen LogP contribution is 2.03. The van der Waals surface area contributed by atoms with Crippen molar-refractivity contribution in [1.82, 2.24) is 5.32 Å². The summed E-state index contributed by atoms with van der Waals surface area (Å²) in [4.78, 5) is 0. The lowest BCUT2D eigenvalue weighted by molar-refractivity contribution is 0.0651. The molecule has 0 aromatic rings. The Morgan fingerprint density at radius 3 is 3.10 bits per heavy atom. The molecule has 0 amide bonds. The van der Waals surface area contributed by atoms with E-state index in [1.54, 1.807) is 0 Å². The normalized spacial score (nSPS) is 25.5. The van der Waals surface area contributed by atoms with Crippen molar-refractivity contribution in [2.45, 2.75) is 32.3 Å². The van der Waals surface area contributed by atoms with Gasteiger partial charge in [-0.15, -0.1) is 0 Å². The van der Waals surface area contributed by atoms with Crippen LogP contribution in [0.3, 0.4) is 0 Å². The number of rotatable bonds is 4. The maximum Gasteiger partial charge on any atom is 0.0711 e. The number of hydrogen-bond donors (Lipinski definition) is 1. The number of unbranched alkanes of at least 4 members (excludes halogenated alkanes) is 1. The molecule has 1 aliphatic heterocycles. The minimum Gasteiger partial charge on any atom is -0.377 e. The molecule has 0 bridgehead atoms. The van der Waals surface area contributed by atoms with Crippen LogP contribution in [0.4, 0.5) is 0 Å². The van der Waals surface area contributed by atoms with E-state index in [2.05, 4.69) is 12.2 Å². The second-order valence-corrected chi connectivity index (χ2v) is 2.84. The fourth-order valence-corrected chi connectivity index (χ4v) is 1.16. The summed E-state index contributed by atoms with van der Waals surface area (Å²) in [6.45, 7) is 5.33. The van der Waals surface area contributed by atoms with Gasteiger partial charge in [0.1, 0.15) is 0 Å². The average Bonchev–Trinajstić information content (AvgIpc) is 2.41. The smallest absolute Gasteiger partial charge is 0.0711 e. The minimum atomic E-state index is 0.506. The lowest BCUT2D eigenvalue weighted by Crippen LogP contribution is -2.17. The molecule has 60 valence electrons. The fourth-order valence-electron chi connectivity index (χ4n) is 1.16. The highest BCUT2D eigenvalue weighted by molar-refractivity contribution is 4.70. The fraction of sp³-hybridized carbons (Fsp3) is 1.00. The Labute approximate surface area is 63.0 Å². The molecule has 0 unspecified atom stereocenters. The number of hydrogen-bond acceptors (Lipinski definition) is 2. The van der Waals surface area contributed by atoms with Gasteiger partial charge in [-0.2, -0.15) is 0 Å². The van der Waals surface area contributed by atoms with Crippen molar-refractivity contribution in [3.63, 3.8) is 0 Å². The molecular weight excluding hydrogens is 126 g/mol. The van der Waals surface area contributed by atoms with E-state index in [9.17, 15) is 0 Å². The zero-order chi connectivity index (χ0) is 7.23. The van der Waals surface area contributed by atoms with Gasteiger partial charge in [0.25, 0.3) is 0 Å². The zero-order valence-electron chi connectivity index (χ0n) is 6.73. The summed E-state index contributed by atoms with van der Waals surface area (Å²) >= 11 is 0. The first-order valence-corrected chi connectivity index (χ1v) is 4.26. The molecule has 1 heterocycles. The molecule has 1 N–H and O–H groups in total. The molecule has 0 spiro atoms. The molecule has 1 saturated heterocycles. The predicted octanol–water partition coefficient (Wildman–Crippen LogP) is 1.17. The molecule has 0 aliphatic carbocycles. The molecule has 10 heavy (non-hydrogen) atoms. The Kier molecular flexibility index (Phi) is 3.76. The highest BCUT2D eigenvalue weighted by atomic mass is 16.5. The monoisotopic (exact) mass is 143 g/mol. The first-order chi connectivity index (χ1) is 4.93. The van der Waals surface area contributed by atoms with Crippen LogP contribution in [0, 0.1) is 0 Å². The van der Waals surface area contributed by atoms with Gasteiger partial charge in [-0.1, -0.05) is 13.3 Å². The van der Waals surface area contributed by atoms with Crippen LogP contribution in [0.25, 0.3) is 0 Å². The van der Waals surface area contributed by atoms with E-state index in [0.717, 1.165) is 19.7 Å². The summed E-state index contributed by atoms with van der Waals surface area (Å²) in [6.07, 6.45) is 4.15. The van der Waals surface area contributed by atoms with Gasteiger partial charge < -0.3 is 10.1 Å². The number of nitrogens with one attached hydrogen (secondary N) is 1. The van der Waals surface area contributed by atoms with Gasteiger partial charge in [-0.3, -0.25) is 0 Å². The van der Waals surface area contributed by atoms with Gasteiger partial charge in [0.2, 0.25) is 0 Å². The molecule has 0 saturated carbocycles. The standard InChI is InChI=1S/C8H17NO/c1-2-3-6-10-8-4-5-9-7-8/h8-9H,2-7H2,1H3/t8-/m1/s1. The summed E-state index contributed by atoms with van der Waals surface area (Å²) in [5.74, 6) is 0. The molecule has 1 rings (SSSR count). The van der Waals surface area contributed by atoms with Gasteiger partial charge in [0.15, 0.2) is 0 Å². The Morgan fingerprint density at radius 2 is 2.50 bits per heavy atom. The maximum absolute atomic E-state index is 5.58. The number of ether oxygens (including phenoxy) is 1. The van der Waals surface area contributed by atoms with Gasteiger partial charge in [0, 0.05) is 13.2 Å². The van der Waals surface area contributed by atoms with Gasteiger partial charge in [-0.25, -0.2) is 0 Å². The van der Waals surface area contributed by atoms with Crippen molar-refractivity contribution in [3.05, 3.63) is 0 Å². The lowest BCUT2D eigenvalue weighted by atomic mass is 10.3. The molecule has 2 heteroatoms. The topological polar surface area (TPSA) is 21.3 Å². The summed E-state index contributed by atoms with van der Waals surface area (Å²) < 4.78 is 5.58. The van der Waals surface area contributed by atoms with Crippen molar-refractivity contribution in [3.8, 4) is 0 Å². The van der Waals surface area contributed by atoms with Crippen LogP contribution in [-0.4, -0.2) is 25.8 Å². The van der Waals surface area contributed by atoms with Crippen LogP contribution < -0.4 is 5.32 Å². The van der Waals surface area contributed by atoms with Crippen LogP contribution in [-0.2, 0) is 4.74 Å². The lowest BCUT2D eigenvalue weighted by Gasteiger charge is -2.08. The molecule has 0 aromatic heterocycles. The molecule has 0 radical (unpaired) electrons. The summed E-state index contributed by atoms with van der Waals surface area (Å²) in [5, 5.41) is 3.27. The summed E-state index contributed by atoms with van der Waals surface area (Å²) in [6, 6.07) is 0. The Hall–Kier alpha value is -0.0800. The van der Waals surface area contributed by atoms with E-state index < -0.39 is 0 Å². The van der Waals surface area contributed by atoms with Crippen molar-refractivity contribution in [2.75, 3.05) is 19.7 Å². The first kappa shape index (κ1) is 8.02. The van der Waals surface area contributed by atoms with Crippen LogP contribution in [0.15, 0.2) is 0 Å². The Morgan fingerprint density at radius 1 is 1.60 bits per heavy atom. The van der Waals surface area contributed by atoms with E-state index in [-0.39, 0.29) is 0 Å². The average molecular weight is 143 g/mol. The minimum absolute atomic E-state index is 0.506. The van der Waals surface area contributed by atoms with Crippen LogP contribution >= 0.6 is 0 Å². The third kappa shape index (κ3) is 2.67. The SMILES string of the molecule is CCCCO[C@@H]1CCNC1. The first-order valence-electron chi connectivity index (χ1n) is 4.26. The molecule has 0 aromatic carbocycles. The Balaban J connectivity index is 1.91. The second kappa shape index (κ2) is 4.69. The van der Waals surface area contributed by atoms with Crippen molar-refractivity contribution in [1.29, 1.82) is 0 Å². The zero-order valence-corrected chi connectivity index (χ0v) is 6.73. The van der Waals surface area contributed by atoms with Gasteiger partial charge >= 0.3 is 0 Å². The van der Waals surface area contributed by atoms with E-state index in [0.29, 0.717) is 6.10 Å². The predicted molar refractivity (Wildman–Crippen MR) is 42.1 cm³/mol. The second-order valence-electron chi connectivity index (χ2n) is 2.84. The van der Waals surface area contributed by atoms with Gasteiger partial charge in [-0.05, 0) is 19.4 Å². The van der Waals surface area contributed by atoms with E-state index in [1.165, 1.54) is 19.3 Å². The van der Waals surface area contributed by atoms with E-state index >= 15 is 0 Å². The van der Waals surface area contributed by atoms with Gasteiger partial charge in [0.05, 0.1) is 6.10 Å². The Bertz CT molecular complexity index is 79.3. The molecular formula is C8H17NO. The highest BCUT2D eigenvalue weighted by Gasteiger charge is 2.13. The quantitative estimate of drug-likeness (QED) is 0.596. The molecule has 1 aliphatic rings. The molecule has 1 fully saturated rings. The summed E-state index contributed by atoms with van der Waals surface area (Å²) in [5.41, 5.74) is 0. The maximum atomic E-state index is 5.58. The van der Waals surface area contributed by atoms with Crippen LogP contribution in [0.5, 0.6) is 0 Å². The molecule has 2 nitrogen and oxygen atoms in total.